The minimum absolute atomic E-state index is 0.427. The summed E-state index contributed by atoms with van der Waals surface area (Å²) in [6.07, 6.45) is 3.36. The molecule has 0 atom stereocenters. The van der Waals surface area contributed by atoms with Gasteiger partial charge in [-0.3, -0.25) is 4.98 Å². The Balaban J connectivity index is 1.43. The molecule has 0 spiro atoms. The molecule has 0 aliphatic rings. The quantitative estimate of drug-likeness (QED) is 0.447. The molecule has 9 heteroatoms. The van der Waals surface area contributed by atoms with E-state index in [4.69, 9.17) is 8.94 Å². The van der Waals surface area contributed by atoms with Gasteiger partial charge >= 0.3 is 0 Å². The zero-order valence-corrected chi connectivity index (χ0v) is 15.1. The van der Waals surface area contributed by atoms with Crippen molar-refractivity contribution in [2.75, 3.05) is 0 Å². The highest BCUT2D eigenvalue weighted by molar-refractivity contribution is 9.10. The molecule has 25 heavy (non-hydrogen) atoms. The number of benzene rings is 1. The monoisotopic (exact) mass is 415 g/mol. The number of thioether (sulfide) groups is 1. The number of hydrogen-bond donors (Lipinski definition) is 0. The molecule has 0 bridgehead atoms. The minimum Gasteiger partial charge on any atom is -0.411 e. The average molecular weight is 416 g/mol. The molecule has 4 rings (SSSR count). The lowest BCUT2D eigenvalue weighted by atomic mass is 10.2. The molecule has 124 valence electrons. The third kappa shape index (κ3) is 3.77. The van der Waals surface area contributed by atoms with E-state index in [1.165, 1.54) is 11.8 Å². The van der Waals surface area contributed by atoms with Gasteiger partial charge in [-0.1, -0.05) is 45.0 Å². The van der Waals surface area contributed by atoms with E-state index in [1.54, 1.807) is 12.4 Å². The van der Waals surface area contributed by atoms with Crippen LogP contribution in [0.15, 0.2) is 67.4 Å². The number of halogens is 1. The number of rotatable bonds is 5. The van der Waals surface area contributed by atoms with Crippen LogP contribution in [0.2, 0.25) is 0 Å². The third-order valence-electron chi connectivity index (χ3n) is 3.18. The number of pyridine rings is 1. The van der Waals surface area contributed by atoms with Gasteiger partial charge in [0.1, 0.15) is 0 Å². The van der Waals surface area contributed by atoms with Gasteiger partial charge in [0.15, 0.2) is 0 Å². The Morgan fingerprint density at radius 2 is 2.00 bits per heavy atom. The first-order valence-electron chi connectivity index (χ1n) is 7.23. The van der Waals surface area contributed by atoms with Gasteiger partial charge < -0.3 is 8.94 Å². The average Bonchev–Trinajstić information content (AvgIpc) is 3.30. The molecule has 0 saturated heterocycles. The maximum atomic E-state index is 5.60. The summed E-state index contributed by atoms with van der Waals surface area (Å²) in [7, 11) is 0. The van der Waals surface area contributed by atoms with Crippen molar-refractivity contribution in [3.63, 3.8) is 0 Å². The molecule has 0 unspecified atom stereocenters. The zero-order chi connectivity index (χ0) is 17.1. The maximum absolute atomic E-state index is 5.60. The Bertz CT molecular complexity index is 989. The highest BCUT2D eigenvalue weighted by Crippen LogP contribution is 2.26. The van der Waals surface area contributed by atoms with Crippen LogP contribution >= 0.6 is 27.7 Å². The Labute approximate surface area is 155 Å². The van der Waals surface area contributed by atoms with Crippen molar-refractivity contribution in [2.24, 2.45) is 0 Å². The van der Waals surface area contributed by atoms with Crippen molar-refractivity contribution in [3.05, 3.63) is 59.2 Å². The smallest absolute Gasteiger partial charge is 0.277 e. The van der Waals surface area contributed by atoms with Gasteiger partial charge in [-0.2, -0.15) is 4.98 Å². The topological polar surface area (TPSA) is 90.7 Å². The second-order valence-corrected chi connectivity index (χ2v) is 6.77. The fourth-order valence-corrected chi connectivity index (χ4v) is 3.06. The zero-order valence-electron chi connectivity index (χ0n) is 12.7. The molecule has 0 saturated carbocycles. The summed E-state index contributed by atoms with van der Waals surface area (Å²) in [5, 5.41) is 12.4. The van der Waals surface area contributed by atoms with Crippen molar-refractivity contribution < 1.29 is 8.94 Å². The molecule has 1 aromatic carbocycles. The second-order valence-electron chi connectivity index (χ2n) is 4.93. The van der Waals surface area contributed by atoms with E-state index in [9.17, 15) is 0 Å². The first-order chi connectivity index (χ1) is 12.3. The predicted molar refractivity (Wildman–Crippen MR) is 94.5 cm³/mol. The van der Waals surface area contributed by atoms with Crippen LogP contribution in [0.4, 0.5) is 0 Å². The molecular formula is C16H10BrN5O2S. The van der Waals surface area contributed by atoms with Gasteiger partial charge in [-0.15, -0.1) is 10.2 Å². The van der Waals surface area contributed by atoms with Crippen LogP contribution in [0.5, 0.6) is 0 Å². The number of hydrogen-bond acceptors (Lipinski definition) is 8. The van der Waals surface area contributed by atoms with Crippen LogP contribution < -0.4 is 0 Å². The Hall–Kier alpha value is -2.52. The Kier molecular flexibility index (Phi) is 4.57. The van der Waals surface area contributed by atoms with E-state index in [2.05, 4.69) is 41.3 Å². The summed E-state index contributed by atoms with van der Waals surface area (Å²) >= 11 is 4.76. The molecule has 3 aromatic heterocycles. The molecule has 7 nitrogen and oxygen atoms in total. The van der Waals surface area contributed by atoms with Gasteiger partial charge in [-0.05, 0) is 24.3 Å². The molecule has 0 aliphatic heterocycles. The lowest BCUT2D eigenvalue weighted by Crippen LogP contribution is -1.83. The molecule has 4 aromatic rings. The maximum Gasteiger partial charge on any atom is 0.277 e. The molecule has 0 fully saturated rings. The minimum atomic E-state index is 0.427. The van der Waals surface area contributed by atoms with E-state index >= 15 is 0 Å². The summed E-state index contributed by atoms with van der Waals surface area (Å²) in [5.74, 6) is 1.89. The van der Waals surface area contributed by atoms with Crippen LogP contribution in [-0.2, 0) is 5.75 Å². The summed E-state index contributed by atoms with van der Waals surface area (Å²) in [4.78, 5) is 8.41. The van der Waals surface area contributed by atoms with Crippen molar-refractivity contribution in [3.8, 4) is 22.8 Å². The molecule has 0 aliphatic carbocycles. The van der Waals surface area contributed by atoms with Crippen LogP contribution in [-0.4, -0.2) is 25.3 Å². The van der Waals surface area contributed by atoms with E-state index in [0.29, 0.717) is 28.6 Å². The van der Waals surface area contributed by atoms with Gasteiger partial charge in [0.25, 0.3) is 5.22 Å². The molecule has 0 N–H and O–H groups in total. The van der Waals surface area contributed by atoms with E-state index < -0.39 is 0 Å². The molecule has 0 radical (unpaired) electrons. The van der Waals surface area contributed by atoms with Crippen LogP contribution in [0.3, 0.4) is 0 Å². The van der Waals surface area contributed by atoms with Crippen LogP contribution in [0.25, 0.3) is 22.8 Å². The third-order valence-corrected chi connectivity index (χ3v) is 4.48. The fourth-order valence-electron chi connectivity index (χ4n) is 2.06. The highest BCUT2D eigenvalue weighted by Gasteiger charge is 2.13. The van der Waals surface area contributed by atoms with Gasteiger partial charge in [0, 0.05) is 22.4 Å². The van der Waals surface area contributed by atoms with Gasteiger partial charge in [-0.25, -0.2) is 0 Å². The fraction of sp³-hybridized carbons (Fsp3) is 0.0625. The summed E-state index contributed by atoms with van der Waals surface area (Å²) in [6, 6.07) is 11.4. The molecule has 3 heterocycles. The standard InChI is InChI=1S/C16H10BrN5O2S/c17-12-5-1-3-10(7-12)14-19-13(24-22-14)9-25-16-21-20-15(23-16)11-4-2-6-18-8-11/h1-8H,9H2. The first kappa shape index (κ1) is 16.0. The van der Waals surface area contributed by atoms with Gasteiger partial charge in [0.2, 0.25) is 17.6 Å². The van der Waals surface area contributed by atoms with E-state index in [0.717, 1.165) is 15.6 Å². The van der Waals surface area contributed by atoms with Crippen LogP contribution in [0.1, 0.15) is 5.89 Å². The summed E-state index contributed by atoms with van der Waals surface area (Å²) in [5.41, 5.74) is 1.66. The lowest BCUT2D eigenvalue weighted by molar-refractivity contribution is 0.391. The predicted octanol–water partition coefficient (Wildman–Crippen LogP) is 4.24. The number of aromatic nitrogens is 5. The Morgan fingerprint density at radius 1 is 1.08 bits per heavy atom. The highest BCUT2D eigenvalue weighted by atomic mass is 79.9. The van der Waals surface area contributed by atoms with Crippen molar-refractivity contribution in [1.82, 2.24) is 25.3 Å². The van der Waals surface area contributed by atoms with Crippen LogP contribution in [0, 0.1) is 0 Å². The molecule has 0 amide bonds. The van der Waals surface area contributed by atoms with E-state index in [-0.39, 0.29) is 0 Å². The van der Waals surface area contributed by atoms with Crippen molar-refractivity contribution in [1.29, 1.82) is 0 Å². The first-order valence-corrected chi connectivity index (χ1v) is 9.01. The van der Waals surface area contributed by atoms with Crippen molar-refractivity contribution >= 4 is 27.7 Å². The van der Waals surface area contributed by atoms with E-state index in [1.807, 2.05) is 36.4 Å². The lowest BCUT2D eigenvalue weighted by Gasteiger charge is -1.94. The summed E-state index contributed by atoms with van der Waals surface area (Å²) in [6.45, 7) is 0. The SMILES string of the molecule is Brc1cccc(-c2noc(CSc3nnc(-c4cccnc4)o3)n2)c1. The number of nitrogens with zero attached hydrogens (tertiary/aromatic N) is 5. The second kappa shape index (κ2) is 7.16. The Morgan fingerprint density at radius 3 is 2.84 bits per heavy atom. The summed E-state index contributed by atoms with van der Waals surface area (Å²) < 4.78 is 11.8. The van der Waals surface area contributed by atoms with Crippen molar-refractivity contribution in [2.45, 2.75) is 11.0 Å². The normalized spacial score (nSPS) is 10.9. The molecular weight excluding hydrogens is 406 g/mol. The largest absolute Gasteiger partial charge is 0.411 e. The van der Waals surface area contributed by atoms with Gasteiger partial charge in [0.05, 0.1) is 11.3 Å².